The number of nitrogens with zero attached hydrogens (tertiary/aromatic N) is 5. The normalized spacial score (nSPS) is 11.5. The van der Waals surface area contributed by atoms with E-state index in [-0.39, 0.29) is 17.7 Å². The van der Waals surface area contributed by atoms with Crippen molar-refractivity contribution in [2.24, 2.45) is 19.2 Å². The molecule has 0 spiro atoms. The van der Waals surface area contributed by atoms with Gasteiger partial charge in [0.2, 0.25) is 0 Å². The molecule has 1 N–H and O–H groups in total. The summed E-state index contributed by atoms with van der Waals surface area (Å²) < 4.78 is 3.65. The number of amides is 1. The lowest BCUT2D eigenvalue weighted by atomic mass is 10.1. The van der Waals surface area contributed by atoms with Crippen LogP contribution < -0.4 is 16.7 Å². The maximum absolute atomic E-state index is 12.4. The summed E-state index contributed by atoms with van der Waals surface area (Å²) in [6, 6.07) is 13.7. The number of carbonyl (C=O) groups is 1. The van der Waals surface area contributed by atoms with Gasteiger partial charge in [0, 0.05) is 19.7 Å². The van der Waals surface area contributed by atoms with Gasteiger partial charge in [-0.05, 0) is 10.8 Å². The summed E-state index contributed by atoms with van der Waals surface area (Å²) in [7, 11) is 2.91. The summed E-state index contributed by atoms with van der Waals surface area (Å²) in [5.41, 5.74) is 2.77. The molecule has 146 valence electrons. The van der Waals surface area contributed by atoms with E-state index in [9.17, 15) is 14.4 Å². The van der Waals surface area contributed by atoms with Crippen LogP contribution in [0, 0.1) is 0 Å². The Morgan fingerprint density at radius 3 is 2.69 bits per heavy atom. The fraction of sp³-hybridized carbons (Fsp3) is 0.150. The van der Waals surface area contributed by atoms with Crippen molar-refractivity contribution >= 4 is 34.1 Å². The third kappa shape index (κ3) is 3.22. The molecule has 9 heteroatoms. The van der Waals surface area contributed by atoms with Crippen LogP contribution in [0.1, 0.15) is 5.56 Å². The minimum Gasteiger partial charge on any atom is -0.315 e. The molecule has 0 aliphatic carbocycles. The van der Waals surface area contributed by atoms with Gasteiger partial charge >= 0.3 is 5.69 Å². The topological polar surface area (TPSA) is 103 Å². The number of rotatable bonds is 4. The number of aromatic nitrogens is 4. The van der Waals surface area contributed by atoms with E-state index in [0.29, 0.717) is 0 Å². The number of hydrogen-bond donors (Lipinski definition) is 1. The van der Waals surface area contributed by atoms with E-state index in [0.717, 1.165) is 20.9 Å². The molecular weight excluding hydrogens is 372 g/mol. The van der Waals surface area contributed by atoms with Crippen LogP contribution in [-0.4, -0.2) is 30.8 Å². The zero-order valence-electron chi connectivity index (χ0n) is 15.9. The van der Waals surface area contributed by atoms with Crippen molar-refractivity contribution in [3.05, 3.63) is 75.2 Å². The van der Waals surface area contributed by atoms with Crippen LogP contribution in [0.15, 0.2) is 63.5 Å². The minimum absolute atomic E-state index is 0.156. The number of hydrazone groups is 1. The van der Waals surface area contributed by atoms with Gasteiger partial charge in [-0.2, -0.15) is 5.10 Å². The molecule has 4 aromatic rings. The van der Waals surface area contributed by atoms with Gasteiger partial charge in [0.1, 0.15) is 6.54 Å². The smallest absolute Gasteiger partial charge is 0.315 e. The van der Waals surface area contributed by atoms with Gasteiger partial charge in [0.25, 0.3) is 11.5 Å². The van der Waals surface area contributed by atoms with Crippen LogP contribution in [0.25, 0.3) is 21.9 Å². The van der Waals surface area contributed by atoms with E-state index in [2.05, 4.69) is 15.5 Å². The lowest BCUT2D eigenvalue weighted by Crippen LogP contribution is -2.38. The number of benzene rings is 2. The number of hydrogen-bond acceptors (Lipinski definition) is 5. The highest BCUT2D eigenvalue weighted by Gasteiger charge is 2.15. The molecule has 2 aromatic carbocycles. The van der Waals surface area contributed by atoms with E-state index in [4.69, 9.17) is 0 Å². The Bertz CT molecular complexity index is 1390. The Hall–Kier alpha value is -4.01. The number of aryl methyl sites for hydroxylation is 1. The van der Waals surface area contributed by atoms with Crippen LogP contribution in [0.4, 0.5) is 0 Å². The van der Waals surface area contributed by atoms with E-state index in [1.807, 2.05) is 42.5 Å². The molecule has 0 bridgehead atoms. The molecule has 0 radical (unpaired) electrons. The van der Waals surface area contributed by atoms with Crippen LogP contribution in [-0.2, 0) is 25.4 Å². The molecule has 0 saturated heterocycles. The fourth-order valence-electron chi connectivity index (χ4n) is 3.24. The molecule has 9 nitrogen and oxygen atoms in total. The first-order valence-corrected chi connectivity index (χ1v) is 8.88. The number of carbonyl (C=O) groups excluding carboxylic acids is 1. The maximum atomic E-state index is 12.4. The molecule has 2 aromatic heterocycles. The molecular formula is C20H18N6O3. The third-order valence-electron chi connectivity index (χ3n) is 4.75. The first-order chi connectivity index (χ1) is 14.0. The minimum atomic E-state index is -0.507. The van der Waals surface area contributed by atoms with Crippen LogP contribution in [0.3, 0.4) is 0 Å². The second-order valence-electron chi connectivity index (χ2n) is 6.61. The quantitative estimate of drug-likeness (QED) is 0.410. The van der Waals surface area contributed by atoms with Crippen LogP contribution >= 0.6 is 0 Å². The monoisotopic (exact) mass is 390 g/mol. The van der Waals surface area contributed by atoms with E-state index in [1.54, 1.807) is 6.21 Å². The first-order valence-electron chi connectivity index (χ1n) is 8.88. The lowest BCUT2D eigenvalue weighted by Gasteiger charge is -2.06. The molecule has 4 rings (SSSR count). The summed E-state index contributed by atoms with van der Waals surface area (Å²) in [5, 5.41) is 6.13. The van der Waals surface area contributed by atoms with Gasteiger partial charge in [-0.3, -0.25) is 18.7 Å². The molecule has 29 heavy (non-hydrogen) atoms. The predicted molar refractivity (Wildman–Crippen MR) is 110 cm³/mol. The fourth-order valence-corrected chi connectivity index (χ4v) is 3.24. The zero-order valence-corrected chi connectivity index (χ0v) is 15.9. The zero-order chi connectivity index (χ0) is 20.5. The van der Waals surface area contributed by atoms with E-state index in [1.165, 1.54) is 29.6 Å². The molecule has 0 saturated carbocycles. The third-order valence-corrected chi connectivity index (χ3v) is 4.75. The summed E-state index contributed by atoms with van der Waals surface area (Å²) in [4.78, 5) is 40.8. The van der Waals surface area contributed by atoms with Gasteiger partial charge in [0.15, 0.2) is 11.2 Å². The van der Waals surface area contributed by atoms with Crippen molar-refractivity contribution < 1.29 is 4.79 Å². The summed E-state index contributed by atoms with van der Waals surface area (Å²) in [6.45, 7) is -0.156. The van der Waals surface area contributed by atoms with Crippen molar-refractivity contribution in [3.63, 3.8) is 0 Å². The molecule has 0 unspecified atom stereocenters. The van der Waals surface area contributed by atoms with Crippen molar-refractivity contribution in [2.45, 2.75) is 6.54 Å². The molecule has 2 heterocycles. The average molecular weight is 390 g/mol. The highest BCUT2D eigenvalue weighted by atomic mass is 16.2. The lowest BCUT2D eigenvalue weighted by molar-refractivity contribution is -0.121. The number of imidazole rings is 1. The molecule has 0 fully saturated rings. The van der Waals surface area contributed by atoms with Crippen LogP contribution in [0.5, 0.6) is 0 Å². The summed E-state index contributed by atoms with van der Waals surface area (Å²) in [6.07, 6.45) is 2.94. The van der Waals surface area contributed by atoms with Crippen molar-refractivity contribution in [1.82, 2.24) is 24.1 Å². The van der Waals surface area contributed by atoms with E-state index >= 15 is 0 Å². The Morgan fingerprint density at radius 1 is 1.10 bits per heavy atom. The predicted octanol–water partition coefficient (Wildman–Crippen LogP) is 0.737. The number of nitrogens with one attached hydrogen (secondary N) is 1. The molecule has 1 amide bonds. The molecule has 0 aliphatic rings. The Morgan fingerprint density at radius 2 is 1.86 bits per heavy atom. The second-order valence-corrected chi connectivity index (χ2v) is 6.61. The standard InChI is InChI=1S/C20H18N6O3/c1-24-18-17(19(28)25(2)20(24)29)26(12-21-18)11-16(27)23-22-10-14-8-5-7-13-6-3-4-9-15(13)14/h3-10,12H,11H2,1-2H3,(H,23,27). The van der Waals surface area contributed by atoms with Gasteiger partial charge < -0.3 is 4.57 Å². The summed E-state index contributed by atoms with van der Waals surface area (Å²) in [5.74, 6) is -0.420. The first kappa shape index (κ1) is 18.4. The van der Waals surface area contributed by atoms with Crippen molar-refractivity contribution in [2.75, 3.05) is 0 Å². The Labute approximate surface area is 164 Å². The number of fused-ring (bicyclic) bond motifs is 2. The largest absolute Gasteiger partial charge is 0.332 e. The molecule has 0 atom stereocenters. The SMILES string of the molecule is Cn1c(=O)c2c(ncn2CC(=O)NN=Cc2cccc3ccccc23)n(C)c1=O. The Balaban J connectivity index is 1.56. The van der Waals surface area contributed by atoms with Gasteiger partial charge in [-0.15, -0.1) is 0 Å². The van der Waals surface area contributed by atoms with Gasteiger partial charge in [0.05, 0.1) is 12.5 Å². The highest BCUT2D eigenvalue weighted by Crippen LogP contribution is 2.16. The maximum Gasteiger partial charge on any atom is 0.332 e. The molecule has 0 aliphatic heterocycles. The van der Waals surface area contributed by atoms with Crippen molar-refractivity contribution in [3.8, 4) is 0 Å². The van der Waals surface area contributed by atoms with Gasteiger partial charge in [-0.25, -0.2) is 15.2 Å². The Kier molecular flexibility index (Phi) is 4.55. The van der Waals surface area contributed by atoms with Gasteiger partial charge in [-0.1, -0.05) is 42.5 Å². The van der Waals surface area contributed by atoms with Crippen molar-refractivity contribution in [1.29, 1.82) is 0 Å². The van der Waals surface area contributed by atoms with Crippen LogP contribution in [0.2, 0.25) is 0 Å². The average Bonchev–Trinajstić information content (AvgIpc) is 3.14. The second kappa shape index (κ2) is 7.19. The summed E-state index contributed by atoms with van der Waals surface area (Å²) >= 11 is 0. The van der Waals surface area contributed by atoms with E-state index < -0.39 is 17.2 Å². The highest BCUT2D eigenvalue weighted by molar-refractivity contribution is 5.99.